The number of hydrogen-bond acceptors (Lipinski definition) is 3. The molecule has 0 aliphatic rings. The van der Waals surface area contributed by atoms with Crippen molar-refractivity contribution in [2.45, 2.75) is 12.6 Å². The van der Waals surface area contributed by atoms with Crippen LogP contribution in [0.5, 0.6) is 0 Å². The van der Waals surface area contributed by atoms with Crippen molar-refractivity contribution >= 4 is 11.8 Å². The summed E-state index contributed by atoms with van der Waals surface area (Å²) in [6, 6.07) is 14.1. The van der Waals surface area contributed by atoms with Crippen molar-refractivity contribution in [3.05, 3.63) is 81.5 Å². The van der Waals surface area contributed by atoms with Gasteiger partial charge in [0.2, 0.25) is 0 Å². The molecule has 0 saturated carbocycles. The number of hydrogen-bond donors (Lipinski definition) is 1. The minimum Gasteiger partial charge on any atom is -0.381 e. The summed E-state index contributed by atoms with van der Waals surface area (Å²) in [5, 5.41) is 13.0. The molecule has 0 radical (unpaired) electrons. The number of nitrogens with one attached hydrogen (secondary N) is 1. The molecule has 0 saturated heterocycles. The van der Waals surface area contributed by atoms with Gasteiger partial charge >= 0.3 is 6.18 Å². The predicted octanol–water partition coefficient (Wildman–Crippen LogP) is 4.33. The summed E-state index contributed by atoms with van der Waals surface area (Å²) in [7, 11) is 0. The van der Waals surface area contributed by atoms with Crippen LogP contribution in [0.4, 0.5) is 18.9 Å². The quantitative estimate of drug-likeness (QED) is 0.631. The van der Waals surface area contributed by atoms with Gasteiger partial charge in [-0.05, 0) is 35.8 Å². The van der Waals surface area contributed by atoms with Gasteiger partial charge in [-0.1, -0.05) is 30.3 Å². The molecule has 24 heavy (non-hydrogen) atoms. The van der Waals surface area contributed by atoms with Crippen LogP contribution in [-0.2, 0) is 6.42 Å². The molecule has 0 unspecified atom stereocenters. The Balaban J connectivity index is 2.08. The molecule has 0 spiro atoms. The van der Waals surface area contributed by atoms with Crippen molar-refractivity contribution in [2.24, 2.45) is 0 Å². The molecule has 4 nitrogen and oxygen atoms in total. The molecule has 1 N–H and O–H groups in total. The monoisotopic (exact) mass is 336 g/mol. The van der Waals surface area contributed by atoms with Gasteiger partial charge in [-0.25, -0.2) is 0 Å². The number of rotatable bonds is 6. The van der Waals surface area contributed by atoms with E-state index in [2.05, 4.69) is 5.32 Å². The lowest BCUT2D eigenvalue weighted by Gasteiger charge is -2.14. The molecular weight excluding hydrogens is 321 g/mol. The maximum atomic E-state index is 13.1. The minimum atomic E-state index is -4.53. The van der Waals surface area contributed by atoms with Crippen molar-refractivity contribution < 1.29 is 18.1 Å². The summed E-state index contributed by atoms with van der Waals surface area (Å²) >= 11 is 0. The lowest BCUT2D eigenvalue weighted by Crippen LogP contribution is -2.27. The van der Waals surface area contributed by atoms with Crippen LogP contribution in [0.2, 0.25) is 0 Å². The summed E-state index contributed by atoms with van der Waals surface area (Å²) in [4.78, 5) is 9.97. The lowest BCUT2D eigenvalue weighted by atomic mass is 10.1. The normalized spacial score (nSPS) is 12.0. The van der Waals surface area contributed by atoms with Gasteiger partial charge in [0.1, 0.15) is 5.70 Å². The standard InChI is InChI=1S/C17H15F3N2O2/c18-17(19,20)16(21-11-10-13-4-2-1-3-5-13)12-14-6-8-15(9-7-14)22(23)24/h1-9,12,21H,10-11H2/b16-12-. The van der Waals surface area contributed by atoms with Crippen LogP contribution in [0.3, 0.4) is 0 Å². The second-order valence-corrected chi connectivity index (χ2v) is 5.07. The zero-order valence-electron chi connectivity index (χ0n) is 12.6. The molecule has 0 fully saturated rings. The van der Waals surface area contributed by atoms with Crippen LogP contribution in [0.15, 0.2) is 60.3 Å². The Morgan fingerprint density at radius 2 is 1.71 bits per heavy atom. The van der Waals surface area contributed by atoms with Gasteiger partial charge in [0.25, 0.3) is 5.69 Å². The van der Waals surface area contributed by atoms with Crippen LogP contribution < -0.4 is 5.32 Å². The molecule has 0 atom stereocenters. The Morgan fingerprint density at radius 1 is 1.08 bits per heavy atom. The highest BCUT2D eigenvalue weighted by Gasteiger charge is 2.33. The van der Waals surface area contributed by atoms with E-state index in [1.165, 1.54) is 24.3 Å². The van der Waals surface area contributed by atoms with Gasteiger partial charge in [0.05, 0.1) is 4.92 Å². The van der Waals surface area contributed by atoms with Gasteiger partial charge in [-0.15, -0.1) is 0 Å². The fourth-order valence-electron chi connectivity index (χ4n) is 2.08. The number of nitro benzene ring substituents is 1. The van der Waals surface area contributed by atoms with Crippen LogP contribution in [0, 0.1) is 10.1 Å². The summed E-state index contributed by atoms with van der Waals surface area (Å²) in [5.41, 5.74) is 0.118. The zero-order valence-corrected chi connectivity index (χ0v) is 12.6. The molecule has 0 bridgehead atoms. The van der Waals surface area contributed by atoms with Crippen LogP contribution in [-0.4, -0.2) is 17.6 Å². The predicted molar refractivity (Wildman–Crippen MR) is 85.3 cm³/mol. The van der Waals surface area contributed by atoms with Gasteiger partial charge in [0.15, 0.2) is 0 Å². The number of allylic oxidation sites excluding steroid dienone is 1. The van der Waals surface area contributed by atoms with Crippen molar-refractivity contribution in [3.63, 3.8) is 0 Å². The third kappa shape index (κ3) is 5.12. The fraction of sp³-hybridized carbons (Fsp3) is 0.176. The van der Waals surface area contributed by atoms with Crippen molar-refractivity contribution in [3.8, 4) is 0 Å². The molecule has 7 heteroatoms. The number of nitrogens with zero attached hydrogens (tertiary/aromatic N) is 1. The number of benzene rings is 2. The van der Waals surface area contributed by atoms with E-state index in [-0.39, 0.29) is 17.8 Å². The summed E-state index contributed by atoms with van der Waals surface area (Å²) in [6.07, 6.45) is -3.14. The van der Waals surface area contributed by atoms with Crippen LogP contribution in [0.25, 0.3) is 6.08 Å². The molecule has 0 aliphatic carbocycles. The van der Waals surface area contributed by atoms with E-state index < -0.39 is 16.8 Å². The van der Waals surface area contributed by atoms with Gasteiger partial charge < -0.3 is 5.32 Å². The van der Waals surface area contributed by atoms with Gasteiger partial charge in [-0.2, -0.15) is 13.2 Å². The molecule has 0 aliphatic heterocycles. The molecule has 0 amide bonds. The first-order valence-corrected chi connectivity index (χ1v) is 7.17. The highest BCUT2D eigenvalue weighted by molar-refractivity contribution is 5.55. The van der Waals surface area contributed by atoms with E-state index in [1.54, 1.807) is 0 Å². The summed E-state index contributed by atoms with van der Waals surface area (Å²) in [6.45, 7) is 0.127. The van der Waals surface area contributed by atoms with Gasteiger partial charge in [-0.3, -0.25) is 10.1 Å². The van der Waals surface area contributed by atoms with E-state index >= 15 is 0 Å². The van der Waals surface area contributed by atoms with E-state index in [1.807, 2.05) is 30.3 Å². The van der Waals surface area contributed by atoms with E-state index in [9.17, 15) is 23.3 Å². The van der Waals surface area contributed by atoms with E-state index in [0.29, 0.717) is 6.42 Å². The largest absolute Gasteiger partial charge is 0.430 e. The first-order chi connectivity index (χ1) is 11.4. The lowest BCUT2D eigenvalue weighted by molar-refractivity contribution is -0.384. The summed E-state index contributed by atoms with van der Waals surface area (Å²) in [5.74, 6) is 0. The van der Waals surface area contributed by atoms with Crippen molar-refractivity contribution in [1.29, 1.82) is 0 Å². The van der Waals surface area contributed by atoms with E-state index in [4.69, 9.17) is 0 Å². The number of nitro groups is 1. The average Bonchev–Trinajstić information content (AvgIpc) is 2.54. The Bertz CT molecular complexity index is 711. The Labute approximate surface area is 136 Å². The third-order valence-electron chi connectivity index (χ3n) is 3.29. The molecule has 126 valence electrons. The molecule has 2 aromatic carbocycles. The maximum Gasteiger partial charge on any atom is 0.430 e. The molecule has 2 aromatic rings. The first-order valence-electron chi connectivity index (χ1n) is 7.17. The van der Waals surface area contributed by atoms with Crippen molar-refractivity contribution in [1.82, 2.24) is 5.32 Å². The minimum absolute atomic E-state index is 0.127. The Morgan fingerprint density at radius 3 is 2.25 bits per heavy atom. The molecule has 0 aromatic heterocycles. The SMILES string of the molecule is O=[N+]([O-])c1ccc(/C=C(\NCCc2ccccc2)C(F)(F)F)cc1. The van der Waals surface area contributed by atoms with E-state index in [0.717, 1.165) is 11.6 Å². The Kier molecular flexibility index (Phi) is 5.57. The first kappa shape index (κ1) is 17.5. The fourth-order valence-corrected chi connectivity index (χ4v) is 2.08. The second-order valence-electron chi connectivity index (χ2n) is 5.07. The molecular formula is C17H15F3N2O2. The van der Waals surface area contributed by atoms with Gasteiger partial charge in [0, 0.05) is 18.7 Å². The smallest absolute Gasteiger partial charge is 0.381 e. The number of alkyl halides is 3. The molecule has 2 rings (SSSR count). The highest BCUT2D eigenvalue weighted by Crippen LogP contribution is 2.26. The van der Waals surface area contributed by atoms with Crippen molar-refractivity contribution in [2.75, 3.05) is 6.54 Å². The average molecular weight is 336 g/mol. The number of halogens is 3. The van der Waals surface area contributed by atoms with Crippen LogP contribution in [0.1, 0.15) is 11.1 Å². The number of non-ortho nitro benzene ring substituents is 1. The second kappa shape index (κ2) is 7.63. The molecule has 0 heterocycles. The Hall–Kier alpha value is -2.83. The zero-order chi connectivity index (χ0) is 17.6. The third-order valence-corrected chi connectivity index (χ3v) is 3.29. The van der Waals surface area contributed by atoms with Crippen LogP contribution >= 0.6 is 0 Å². The maximum absolute atomic E-state index is 13.1. The summed E-state index contributed by atoms with van der Waals surface area (Å²) < 4.78 is 39.3. The topological polar surface area (TPSA) is 55.2 Å². The highest BCUT2D eigenvalue weighted by atomic mass is 19.4.